The van der Waals surface area contributed by atoms with Gasteiger partial charge in [-0.2, -0.15) is 0 Å². The van der Waals surface area contributed by atoms with Crippen LogP contribution < -0.4 is 5.32 Å². The number of nitrogens with one attached hydrogen (secondary N) is 1. The van der Waals surface area contributed by atoms with E-state index in [-0.39, 0.29) is 0 Å². The van der Waals surface area contributed by atoms with Gasteiger partial charge in [-0.15, -0.1) is 0 Å². The van der Waals surface area contributed by atoms with Crippen LogP contribution in [0.1, 0.15) is 46.0 Å². The third-order valence-electron chi connectivity index (χ3n) is 4.24. The average Bonchev–Trinajstić information content (AvgIpc) is 2.85. The summed E-state index contributed by atoms with van der Waals surface area (Å²) in [5.74, 6) is 1.67. The molecule has 3 unspecified atom stereocenters. The number of rotatable bonds is 4. The van der Waals surface area contributed by atoms with E-state index in [9.17, 15) is 0 Å². The van der Waals surface area contributed by atoms with Crippen LogP contribution in [0.15, 0.2) is 0 Å². The second kappa shape index (κ2) is 5.31. The van der Waals surface area contributed by atoms with Crippen LogP contribution in [0.3, 0.4) is 0 Å². The summed E-state index contributed by atoms with van der Waals surface area (Å²) >= 11 is 0. The lowest BCUT2D eigenvalue weighted by Crippen LogP contribution is -2.43. The highest BCUT2D eigenvalue weighted by molar-refractivity contribution is 4.90. The van der Waals surface area contributed by atoms with Crippen LogP contribution in [0, 0.1) is 11.8 Å². The fraction of sp³-hybridized carbons (Fsp3) is 1.00. The van der Waals surface area contributed by atoms with Crippen LogP contribution in [-0.4, -0.2) is 25.3 Å². The molecule has 0 spiro atoms. The first-order valence-electron chi connectivity index (χ1n) is 6.68. The van der Waals surface area contributed by atoms with Gasteiger partial charge < -0.3 is 10.1 Å². The smallest absolute Gasteiger partial charge is 0.0590 e. The van der Waals surface area contributed by atoms with E-state index in [2.05, 4.69) is 19.2 Å². The topological polar surface area (TPSA) is 21.3 Å². The van der Waals surface area contributed by atoms with Gasteiger partial charge >= 0.3 is 0 Å². The Kier molecular flexibility index (Phi) is 4.04. The molecule has 2 nitrogen and oxygen atoms in total. The fourth-order valence-electron chi connectivity index (χ4n) is 3.44. The van der Waals surface area contributed by atoms with E-state index >= 15 is 0 Å². The van der Waals surface area contributed by atoms with Crippen LogP contribution in [-0.2, 0) is 4.74 Å². The van der Waals surface area contributed by atoms with E-state index in [0.717, 1.165) is 31.0 Å². The van der Waals surface area contributed by atoms with Crippen molar-refractivity contribution < 1.29 is 4.74 Å². The van der Waals surface area contributed by atoms with Crippen molar-refractivity contribution >= 4 is 0 Å². The summed E-state index contributed by atoms with van der Waals surface area (Å²) in [4.78, 5) is 0. The molecular formula is C13H25NO. The Balaban J connectivity index is 1.97. The van der Waals surface area contributed by atoms with Crippen LogP contribution in [0.2, 0.25) is 0 Å². The van der Waals surface area contributed by atoms with Crippen molar-refractivity contribution in [2.24, 2.45) is 11.8 Å². The monoisotopic (exact) mass is 211 g/mol. The molecule has 15 heavy (non-hydrogen) atoms. The third kappa shape index (κ3) is 2.54. The minimum Gasteiger partial charge on any atom is -0.378 e. The van der Waals surface area contributed by atoms with Gasteiger partial charge in [-0.3, -0.25) is 0 Å². The molecule has 1 aliphatic heterocycles. The van der Waals surface area contributed by atoms with E-state index in [1.807, 2.05) is 0 Å². The molecule has 2 aliphatic rings. The lowest BCUT2D eigenvalue weighted by Gasteiger charge is -2.31. The Morgan fingerprint density at radius 1 is 1.27 bits per heavy atom. The van der Waals surface area contributed by atoms with Gasteiger partial charge in [0.15, 0.2) is 0 Å². The molecule has 88 valence electrons. The molecule has 2 fully saturated rings. The molecule has 0 aromatic heterocycles. The van der Waals surface area contributed by atoms with Gasteiger partial charge in [-0.1, -0.05) is 19.8 Å². The van der Waals surface area contributed by atoms with E-state index in [1.165, 1.54) is 32.1 Å². The minimum absolute atomic E-state index is 0.467. The molecule has 0 aromatic carbocycles. The van der Waals surface area contributed by atoms with Gasteiger partial charge in [0.2, 0.25) is 0 Å². The highest BCUT2D eigenvalue weighted by Gasteiger charge is 2.36. The molecule has 0 amide bonds. The summed E-state index contributed by atoms with van der Waals surface area (Å²) < 4.78 is 5.71. The Morgan fingerprint density at radius 3 is 2.53 bits per heavy atom. The lowest BCUT2D eigenvalue weighted by molar-refractivity contribution is 0.0869. The largest absolute Gasteiger partial charge is 0.378 e. The quantitative estimate of drug-likeness (QED) is 0.771. The highest BCUT2D eigenvalue weighted by atomic mass is 16.5. The minimum atomic E-state index is 0.467. The van der Waals surface area contributed by atoms with Crippen molar-refractivity contribution in [3.05, 3.63) is 0 Å². The SMILES string of the molecule is CCNC(C1CCCC1)C1CCOC1C. The van der Waals surface area contributed by atoms with Gasteiger partial charge in [-0.25, -0.2) is 0 Å². The predicted molar refractivity (Wildman–Crippen MR) is 62.9 cm³/mol. The average molecular weight is 211 g/mol. The first kappa shape index (κ1) is 11.4. The van der Waals surface area contributed by atoms with Gasteiger partial charge in [0, 0.05) is 18.6 Å². The summed E-state index contributed by atoms with van der Waals surface area (Å²) in [6.07, 6.45) is 7.47. The molecule has 3 atom stereocenters. The number of hydrogen-bond donors (Lipinski definition) is 1. The maximum Gasteiger partial charge on any atom is 0.0590 e. The molecule has 1 saturated carbocycles. The molecule has 0 bridgehead atoms. The Bertz CT molecular complexity index is 189. The molecular weight excluding hydrogens is 186 g/mol. The molecule has 0 radical (unpaired) electrons. The van der Waals surface area contributed by atoms with Crippen molar-refractivity contribution in [3.63, 3.8) is 0 Å². The molecule has 2 heteroatoms. The van der Waals surface area contributed by atoms with Crippen molar-refractivity contribution in [1.82, 2.24) is 5.32 Å². The fourth-order valence-corrected chi connectivity index (χ4v) is 3.44. The van der Waals surface area contributed by atoms with Crippen molar-refractivity contribution in [2.45, 2.75) is 58.1 Å². The molecule has 1 saturated heterocycles. The second-order valence-corrected chi connectivity index (χ2v) is 5.16. The summed E-state index contributed by atoms with van der Waals surface area (Å²) in [5, 5.41) is 3.72. The van der Waals surface area contributed by atoms with Crippen LogP contribution >= 0.6 is 0 Å². The van der Waals surface area contributed by atoms with Gasteiger partial charge in [0.25, 0.3) is 0 Å². The zero-order valence-electron chi connectivity index (χ0n) is 10.2. The van der Waals surface area contributed by atoms with Crippen LogP contribution in [0.5, 0.6) is 0 Å². The molecule has 2 rings (SSSR count). The highest BCUT2D eigenvalue weighted by Crippen LogP contribution is 2.35. The standard InChI is InChI=1S/C13H25NO/c1-3-14-13(11-6-4-5-7-11)12-8-9-15-10(12)2/h10-14H,3-9H2,1-2H3. The van der Waals surface area contributed by atoms with Crippen LogP contribution in [0.25, 0.3) is 0 Å². The predicted octanol–water partition coefficient (Wildman–Crippen LogP) is 2.58. The molecule has 1 aliphatic carbocycles. The zero-order chi connectivity index (χ0) is 10.7. The van der Waals surface area contributed by atoms with Gasteiger partial charge in [0.1, 0.15) is 0 Å². The Hall–Kier alpha value is -0.0800. The maximum atomic E-state index is 5.71. The number of ether oxygens (including phenoxy) is 1. The van der Waals surface area contributed by atoms with E-state index in [0.29, 0.717) is 6.10 Å². The Morgan fingerprint density at radius 2 is 2.00 bits per heavy atom. The van der Waals surface area contributed by atoms with Gasteiger partial charge in [0.05, 0.1) is 6.10 Å². The lowest BCUT2D eigenvalue weighted by atomic mass is 9.83. The van der Waals surface area contributed by atoms with E-state index in [4.69, 9.17) is 4.74 Å². The summed E-state index contributed by atoms with van der Waals surface area (Å²) in [7, 11) is 0. The van der Waals surface area contributed by atoms with Crippen molar-refractivity contribution in [3.8, 4) is 0 Å². The molecule has 1 N–H and O–H groups in total. The third-order valence-corrected chi connectivity index (χ3v) is 4.24. The zero-order valence-corrected chi connectivity index (χ0v) is 10.2. The molecule has 1 heterocycles. The summed E-state index contributed by atoms with van der Waals surface area (Å²) in [6.45, 7) is 6.55. The first-order chi connectivity index (χ1) is 7.33. The second-order valence-electron chi connectivity index (χ2n) is 5.16. The Labute approximate surface area is 93.8 Å². The van der Waals surface area contributed by atoms with E-state index in [1.54, 1.807) is 0 Å². The first-order valence-corrected chi connectivity index (χ1v) is 6.68. The molecule has 0 aromatic rings. The van der Waals surface area contributed by atoms with Crippen LogP contribution in [0.4, 0.5) is 0 Å². The van der Waals surface area contributed by atoms with Crippen molar-refractivity contribution in [1.29, 1.82) is 0 Å². The van der Waals surface area contributed by atoms with Crippen molar-refractivity contribution in [2.75, 3.05) is 13.2 Å². The number of hydrogen-bond acceptors (Lipinski definition) is 2. The normalized spacial score (nSPS) is 34.8. The summed E-state index contributed by atoms with van der Waals surface area (Å²) in [5.41, 5.74) is 0. The maximum absolute atomic E-state index is 5.71. The van der Waals surface area contributed by atoms with E-state index < -0.39 is 0 Å². The van der Waals surface area contributed by atoms with Gasteiger partial charge in [-0.05, 0) is 38.6 Å². The summed E-state index contributed by atoms with van der Waals surface area (Å²) in [6, 6.07) is 0.718.